The molecular weight excluding hydrogens is 186 g/mol. The molecule has 80 valence electrons. The van der Waals surface area contributed by atoms with Crippen molar-refractivity contribution in [2.24, 2.45) is 0 Å². The first-order chi connectivity index (χ1) is 7.22. The molecule has 1 aromatic carbocycles. The molecular formula is C13H17NO. The van der Waals surface area contributed by atoms with Crippen molar-refractivity contribution >= 4 is 0 Å². The minimum atomic E-state index is 0.131. The molecule has 15 heavy (non-hydrogen) atoms. The van der Waals surface area contributed by atoms with E-state index in [-0.39, 0.29) is 6.61 Å². The number of benzene rings is 1. The second-order valence-corrected chi connectivity index (χ2v) is 3.71. The molecule has 0 aliphatic heterocycles. The van der Waals surface area contributed by atoms with Crippen LogP contribution in [0.25, 0.3) is 0 Å². The maximum absolute atomic E-state index is 8.58. The summed E-state index contributed by atoms with van der Waals surface area (Å²) in [6.45, 7) is 1.08. The van der Waals surface area contributed by atoms with Crippen molar-refractivity contribution in [2.75, 3.05) is 20.7 Å². The molecule has 2 nitrogen and oxygen atoms in total. The summed E-state index contributed by atoms with van der Waals surface area (Å²) in [7, 11) is 4.10. The molecule has 0 saturated heterocycles. The average Bonchev–Trinajstić information content (AvgIpc) is 2.20. The van der Waals surface area contributed by atoms with Gasteiger partial charge >= 0.3 is 0 Å². The molecule has 0 atom stereocenters. The number of hydrogen-bond acceptors (Lipinski definition) is 2. The second-order valence-electron chi connectivity index (χ2n) is 3.71. The van der Waals surface area contributed by atoms with Crippen LogP contribution in [-0.2, 0) is 6.54 Å². The number of aliphatic hydroxyl groups is 1. The number of hydrogen-bond donors (Lipinski definition) is 1. The molecule has 2 heteroatoms. The number of rotatable bonds is 3. The summed E-state index contributed by atoms with van der Waals surface area (Å²) < 4.78 is 0. The second kappa shape index (κ2) is 6.23. The maximum atomic E-state index is 8.58. The lowest BCUT2D eigenvalue weighted by Crippen LogP contribution is -2.10. The molecule has 0 aliphatic rings. The van der Waals surface area contributed by atoms with Crippen LogP contribution in [0, 0.1) is 11.8 Å². The SMILES string of the molecule is CN(C)Cc1ccc(C#CCCO)cc1. The van der Waals surface area contributed by atoms with Gasteiger partial charge in [0.15, 0.2) is 0 Å². The quantitative estimate of drug-likeness (QED) is 0.752. The Labute approximate surface area is 91.5 Å². The number of aliphatic hydroxyl groups excluding tert-OH is 1. The van der Waals surface area contributed by atoms with Gasteiger partial charge in [-0.2, -0.15) is 0 Å². The van der Waals surface area contributed by atoms with Gasteiger partial charge in [-0.3, -0.25) is 0 Å². The zero-order chi connectivity index (χ0) is 11.1. The minimum Gasteiger partial charge on any atom is -0.395 e. The third-order valence-electron chi connectivity index (χ3n) is 1.92. The van der Waals surface area contributed by atoms with Crippen LogP contribution in [0.4, 0.5) is 0 Å². The average molecular weight is 203 g/mol. The Bertz CT molecular complexity index is 343. The zero-order valence-electron chi connectivity index (χ0n) is 9.33. The zero-order valence-corrected chi connectivity index (χ0v) is 9.33. The summed E-state index contributed by atoms with van der Waals surface area (Å²) >= 11 is 0. The summed E-state index contributed by atoms with van der Waals surface area (Å²) in [6.07, 6.45) is 0.541. The standard InChI is InChI=1S/C13H17NO/c1-14(2)11-13-8-6-12(7-9-13)5-3-4-10-15/h6-9,15H,4,10-11H2,1-2H3. The first kappa shape index (κ1) is 11.8. The lowest BCUT2D eigenvalue weighted by Gasteiger charge is -2.08. The van der Waals surface area contributed by atoms with Crippen molar-refractivity contribution in [3.63, 3.8) is 0 Å². The Morgan fingerprint density at radius 1 is 1.20 bits per heavy atom. The van der Waals surface area contributed by atoms with E-state index >= 15 is 0 Å². The highest BCUT2D eigenvalue weighted by Gasteiger charge is 1.94. The van der Waals surface area contributed by atoms with Gasteiger partial charge in [-0.15, -0.1) is 0 Å². The van der Waals surface area contributed by atoms with E-state index in [1.807, 2.05) is 12.1 Å². The molecule has 0 heterocycles. The van der Waals surface area contributed by atoms with Crippen LogP contribution < -0.4 is 0 Å². The molecule has 0 fully saturated rings. The fourth-order valence-electron chi connectivity index (χ4n) is 1.28. The van der Waals surface area contributed by atoms with Crippen LogP contribution >= 0.6 is 0 Å². The van der Waals surface area contributed by atoms with Crippen molar-refractivity contribution in [1.29, 1.82) is 0 Å². The van der Waals surface area contributed by atoms with Crippen LogP contribution in [-0.4, -0.2) is 30.7 Å². The molecule has 0 amide bonds. The molecule has 0 saturated carbocycles. The van der Waals surface area contributed by atoms with Crippen molar-refractivity contribution in [3.05, 3.63) is 35.4 Å². The summed E-state index contributed by atoms with van der Waals surface area (Å²) in [5, 5.41) is 8.58. The lowest BCUT2D eigenvalue weighted by atomic mass is 10.1. The monoisotopic (exact) mass is 203 g/mol. The summed E-state index contributed by atoms with van der Waals surface area (Å²) in [4.78, 5) is 2.13. The van der Waals surface area contributed by atoms with Crippen molar-refractivity contribution in [1.82, 2.24) is 4.90 Å². The van der Waals surface area contributed by atoms with Gasteiger partial charge in [-0.1, -0.05) is 24.0 Å². The molecule has 1 aromatic rings. The smallest absolute Gasteiger partial charge is 0.0540 e. The van der Waals surface area contributed by atoms with Crippen LogP contribution in [0.5, 0.6) is 0 Å². The predicted molar refractivity (Wildman–Crippen MR) is 62.4 cm³/mol. The van der Waals surface area contributed by atoms with E-state index in [0.29, 0.717) is 6.42 Å². The Morgan fingerprint density at radius 2 is 1.87 bits per heavy atom. The molecule has 0 unspecified atom stereocenters. The van der Waals surface area contributed by atoms with Crippen molar-refractivity contribution in [2.45, 2.75) is 13.0 Å². The van der Waals surface area contributed by atoms with Gasteiger partial charge in [-0.05, 0) is 31.8 Å². The van der Waals surface area contributed by atoms with E-state index in [2.05, 4.69) is 43.0 Å². The lowest BCUT2D eigenvalue weighted by molar-refractivity contribution is 0.305. The summed E-state index contributed by atoms with van der Waals surface area (Å²) in [6, 6.07) is 8.21. The van der Waals surface area contributed by atoms with Gasteiger partial charge in [-0.25, -0.2) is 0 Å². The Morgan fingerprint density at radius 3 is 2.40 bits per heavy atom. The van der Waals surface area contributed by atoms with E-state index in [9.17, 15) is 0 Å². The van der Waals surface area contributed by atoms with Crippen molar-refractivity contribution < 1.29 is 5.11 Å². The summed E-state index contributed by atoms with van der Waals surface area (Å²) in [5.41, 5.74) is 2.29. The molecule has 0 spiro atoms. The van der Waals surface area contributed by atoms with Crippen molar-refractivity contribution in [3.8, 4) is 11.8 Å². The van der Waals surface area contributed by atoms with Gasteiger partial charge in [0.05, 0.1) is 6.61 Å². The van der Waals surface area contributed by atoms with Gasteiger partial charge in [0.25, 0.3) is 0 Å². The van der Waals surface area contributed by atoms with E-state index in [4.69, 9.17) is 5.11 Å². The fraction of sp³-hybridized carbons (Fsp3) is 0.385. The van der Waals surface area contributed by atoms with Gasteiger partial charge < -0.3 is 10.0 Å². The maximum Gasteiger partial charge on any atom is 0.0540 e. The number of nitrogens with zero attached hydrogens (tertiary/aromatic N) is 1. The van der Waals surface area contributed by atoms with Gasteiger partial charge in [0.1, 0.15) is 0 Å². The van der Waals surface area contributed by atoms with Gasteiger partial charge in [0.2, 0.25) is 0 Å². The van der Waals surface area contributed by atoms with Crippen LogP contribution in [0.15, 0.2) is 24.3 Å². The molecule has 0 aromatic heterocycles. The van der Waals surface area contributed by atoms with E-state index in [1.54, 1.807) is 0 Å². The Hall–Kier alpha value is -1.30. The molecule has 0 radical (unpaired) electrons. The van der Waals surface area contributed by atoms with E-state index in [1.165, 1.54) is 5.56 Å². The third kappa shape index (κ3) is 4.64. The van der Waals surface area contributed by atoms with E-state index < -0.39 is 0 Å². The summed E-state index contributed by atoms with van der Waals surface area (Å²) in [5.74, 6) is 5.90. The first-order valence-electron chi connectivity index (χ1n) is 5.06. The Balaban J connectivity index is 2.61. The molecule has 0 aliphatic carbocycles. The van der Waals surface area contributed by atoms with E-state index in [0.717, 1.165) is 12.1 Å². The molecule has 1 rings (SSSR count). The largest absolute Gasteiger partial charge is 0.395 e. The predicted octanol–water partition coefficient (Wildman–Crippen LogP) is 1.48. The first-order valence-corrected chi connectivity index (χ1v) is 5.06. The highest BCUT2D eigenvalue weighted by atomic mass is 16.2. The highest BCUT2D eigenvalue weighted by molar-refractivity contribution is 5.36. The highest BCUT2D eigenvalue weighted by Crippen LogP contribution is 2.04. The van der Waals surface area contributed by atoms with Crippen LogP contribution in [0.1, 0.15) is 17.5 Å². The third-order valence-corrected chi connectivity index (χ3v) is 1.92. The van der Waals surface area contributed by atoms with Gasteiger partial charge in [0, 0.05) is 18.5 Å². The van der Waals surface area contributed by atoms with Crippen LogP contribution in [0.2, 0.25) is 0 Å². The topological polar surface area (TPSA) is 23.5 Å². The Kier molecular flexibility index (Phi) is 4.89. The normalized spacial score (nSPS) is 9.87. The fourth-order valence-corrected chi connectivity index (χ4v) is 1.28. The molecule has 1 N–H and O–H groups in total. The molecule has 0 bridgehead atoms. The van der Waals surface area contributed by atoms with Crippen LogP contribution in [0.3, 0.4) is 0 Å². The minimum absolute atomic E-state index is 0.131.